The molecular formula is C19H29NO. The molecule has 0 atom stereocenters. The van der Waals surface area contributed by atoms with Crippen molar-refractivity contribution < 1.29 is 4.79 Å². The van der Waals surface area contributed by atoms with Crippen LogP contribution in [0.1, 0.15) is 69.9 Å². The average Bonchev–Trinajstić information content (AvgIpc) is 2.54. The molecule has 0 aliphatic heterocycles. The molecule has 0 radical (unpaired) electrons. The third kappa shape index (κ3) is 4.59. The number of benzene rings is 1. The van der Waals surface area contributed by atoms with E-state index in [0.29, 0.717) is 6.42 Å². The SMILES string of the molecule is CCc1cccc(CC)c1NC(=O)CCC1CCCCC1. The van der Waals surface area contributed by atoms with Gasteiger partial charge in [0.2, 0.25) is 5.91 Å². The van der Waals surface area contributed by atoms with Crippen LogP contribution in [0.5, 0.6) is 0 Å². The van der Waals surface area contributed by atoms with E-state index >= 15 is 0 Å². The minimum atomic E-state index is 0.191. The molecule has 0 heterocycles. The van der Waals surface area contributed by atoms with Crippen molar-refractivity contribution in [1.29, 1.82) is 0 Å². The monoisotopic (exact) mass is 287 g/mol. The van der Waals surface area contributed by atoms with Gasteiger partial charge in [0.15, 0.2) is 0 Å². The van der Waals surface area contributed by atoms with E-state index in [-0.39, 0.29) is 5.91 Å². The van der Waals surface area contributed by atoms with Gasteiger partial charge >= 0.3 is 0 Å². The fourth-order valence-electron chi connectivity index (χ4n) is 3.42. The zero-order valence-corrected chi connectivity index (χ0v) is 13.6. The summed E-state index contributed by atoms with van der Waals surface area (Å²) in [6.45, 7) is 4.29. The fourth-order valence-corrected chi connectivity index (χ4v) is 3.42. The van der Waals surface area contributed by atoms with E-state index in [1.54, 1.807) is 0 Å². The Balaban J connectivity index is 1.92. The van der Waals surface area contributed by atoms with E-state index in [1.165, 1.54) is 43.2 Å². The molecule has 2 rings (SSSR count). The summed E-state index contributed by atoms with van der Waals surface area (Å²) in [5, 5.41) is 3.18. The van der Waals surface area contributed by atoms with E-state index < -0.39 is 0 Å². The Morgan fingerprint density at radius 2 is 1.71 bits per heavy atom. The first-order valence-electron chi connectivity index (χ1n) is 8.65. The third-order valence-corrected chi connectivity index (χ3v) is 4.77. The number of hydrogen-bond acceptors (Lipinski definition) is 1. The Morgan fingerprint density at radius 1 is 1.10 bits per heavy atom. The van der Waals surface area contributed by atoms with Crippen LogP contribution in [0.4, 0.5) is 5.69 Å². The average molecular weight is 287 g/mol. The summed E-state index contributed by atoms with van der Waals surface area (Å²) in [6, 6.07) is 6.33. The van der Waals surface area contributed by atoms with E-state index in [2.05, 4.69) is 37.4 Å². The van der Waals surface area contributed by atoms with Crippen molar-refractivity contribution in [2.24, 2.45) is 5.92 Å². The van der Waals surface area contributed by atoms with Crippen LogP contribution < -0.4 is 5.32 Å². The number of aryl methyl sites for hydroxylation is 2. The van der Waals surface area contributed by atoms with Crippen LogP contribution in [0.3, 0.4) is 0 Å². The molecule has 116 valence electrons. The van der Waals surface area contributed by atoms with Crippen molar-refractivity contribution in [1.82, 2.24) is 0 Å². The molecule has 1 amide bonds. The van der Waals surface area contributed by atoms with Crippen molar-refractivity contribution in [3.05, 3.63) is 29.3 Å². The molecular weight excluding hydrogens is 258 g/mol. The molecule has 1 fully saturated rings. The van der Waals surface area contributed by atoms with Gasteiger partial charge in [-0.15, -0.1) is 0 Å². The number of carbonyl (C=O) groups excluding carboxylic acids is 1. The van der Waals surface area contributed by atoms with E-state index in [9.17, 15) is 4.79 Å². The Hall–Kier alpha value is -1.31. The number of amides is 1. The molecule has 0 aromatic heterocycles. The molecule has 1 aliphatic carbocycles. The van der Waals surface area contributed by atoms with E-state index in [1.807, 2.05) is 0 Å². The highest BCUT2D eigenvalue weighted by atomic mass is 16.1. The summed E-state index contributed by atoms with van der Waals surface area (Å²) in [4.78, 5) is 12.3. The van der Waals surface area contributed by atoms with Gasteiger partial charge in [-0.25, -0.2) is 0 Å². The van der Waals surface area contributed by atoms with Crippen molar-refractivity contribution in [2.45, 2.75) is 71.6 Å². The predicted molar refractivity (Wildman–Crippen MR) is 89.6 cm³/mol. The zero-order chi connectivity index (χ0) is 15.1. The topological polar surface area (TPSA) is 29.1 Å². The summed E-state index contributed by atoms with van der Waals surface area (Å²) >= 11 is 0. The lowest BCUT2D eigenvalue weighted by Crippen LogP contribution is -2.16. The minimum Gasteiger partial charge on any atom is -0.326 e. The fraction of sp³-hybridized carbons (Fsp3) is 0.632. The summed E-state index contributed by atoms with van der Waals surface area (Å²) < 4.78 is 0. The van der Waals surface area contributed by atoms with Crippen molar-refractivity contribution in [3.8, 4) is 0 Å². The molecule has 1 saturated carbocycles. The second kappa shape index (κ2) is 8.21. The largest absolute Gasteiger partial charge is 0.326 e. The Kier molecular flexibility index (Phi) is 6.28. The maximum Gasteiger partial charge on any atom is 0.224 e. The highest BCUT2D eigenvalue weighted by Crippen LogP contribution is 2.28. The Morgan fingerprint density at radius 3 is 2.29 bits per heavy atom. The summed E-state index contributed by atoms with van der Waals surface area (Å²) in [5.74, 6) is 0.965. The number of nitrogens with one attached hydrogen (secondary N) is 1. The normalized spacial score (nSPS) is 15.9. The predicted octanol–water partition coefficient (Wildman–Crippen LogP) is 5.11. The smallest absolute Gasteiger partial charge is 0.224 e. The molecule has 1 aliphatic rings. The van der Waals surface area contributed by atoms with Gasteiger partial charge in [0, 0.05) is 12.1 Å². The van der Waals surface area contributed by atoms with Gasteiger partial charge in [-0.2, -0.15) is 0 Å². The Bertz CT molecular complexity index is 438. The Labute approximate surface area is 129 Å². The lowest BCUT2D eigenvalue weighted by Gasteiger charge is -2.21. The number of para-hydroxylation sites is 1. The first-order chi connectivity index (χ1) is 10.2. The molecule has 2 heteroatoms. The lowest BCUT2D eigenvalue weighted by molar-refractivity contribution is -0.116. The first kappa shape index (κ1) is 16.1. The summed E-state index contributed by atoms with van der Waals surface area (Å²) in [5.41, 5.74) is 3.57. The lowest BCUT2D eigenvalue weighted by atomic mass is 9.86. The number of hydrogen-bond donors (Lipinski definition) is 1. The zero-order valence-electron chi connectivity index (χ0n) is 13.6. The maximum atomic E-state index is 12.3. The third-order valence-electron chi connectivity index (χ3n) is 4.77. The van der Waals surface area contributed by atoms with Crippen LogP contribution in [0.2, 0.25) is 0 Å². The van der Waals surface area contributed by atoms with Crippen LogP contribution in [0.15, 0.2) is 18.2 Å². The van der Waals surface area contributed by atoms with Gasteiger partial charge in [0.05, 0.1) is 0 Å². The highest BCUT2D eigenvalue weighted by Gasteiger charge is 2.16. The second-order valence-electron chi connectivity index (χ2n) is 6.25. The molecule has 0 spiro atoms. The number of anilines is 1. The van der Waals surface area contributed by atoms with Gasteiger partial charge < -0.3 is 5.32 Å². The van der Waals surface area contributed by atoms with Gasteiger partial charge in [-0.05, 0) is 36.3 Å². The standard InChI is InChI=1S/C19H29NO/c1-3-16-11-8-12-17(4-2)19(16)20-18(21)14-13-15-9-6-5-7-10-15/h8,11-12,15H,3-7,9-10,13-14H2,1-2H3,(H,20,21). The second-order valence-corrected chi connectivity index (χ2v) is 6.25. The molecule has 0 unspecified atom stereocenters. The van der Waals surface area contributed by atoms with Gasteiger partial charge in [0.1, 0.15) is 0 Å². The van der Waals surface area contributed by atoms with Crippen LogP contribution in [0.25, 0.3) is 0 Å². The molecule has 0 bridgehead atoms. The van der Waals surface area contributed by atoms with E-state index in [4.69, 9.17) is 0 Å². The molecule has 1 aromatic rings. The van der Waals surface area contributed by atoms with Crippen molar-refractivity contribution in [2.75, 3.05) is 5.32 Å². The van der Waals surface area contributed by atoms with Crippen LogP contribution in [-0.2, 0) is 17.6 Å². The molecule has 1 N–H and O–H groups in total. The molecule has 2 nitrogen and oxygen atoms in total. The molecule has 0 saturated heterocycles. The summed E-state index contributed by atoms with van der Waals surface area (Å²) in [7, 11) is 0. The van der Waals surface area contributed by atoms with Crippen molar-refractivity contribution >= 4 is 11.6 Å². The quantitative estimate of drug-likeness (QED) is 0.774. The van der Waals surface area contributed by atoms with Gasteiger partial charge in [-0.1, -0.05) is 64.2 Å². The van der Waals surface area contributed by atoms with E-state index in [0.717, 1.165) is 30.9 Å². The van der Waals surface area contributed by atoms with Crippen LogP contribution in [-0.4, -0.2) is 5.91 Å². The number of rotatable bonds is 6. The highest BCUT2D eigenvalue weighted by molar-refractivity contribution is 5.92. The van der Waals surface area contributed by atoms with Gasteiger partial charge in [0.25, 0.3) is 0 Å². The molecule has 21 heavy (non-hydrogen) atoms. The number of carbonyl (C=O) groups is 1. The minimum absolute atomic E-state index is 0.191. The molecule has 1 aromatic carbocycles. The maximum absolute atomic E-state index is 12.3. The van der Waals surface area contributed by atoms with Crippen molar-refractivity contribution in [3.63, 3.8) is 0 Å². The summed E-state index contributed by atoms with van der Waals surface area (Å²) in [6.07, 6.45) is 10.4. The first-order valence-corrected chi connectivity index (χ1v) is 8.65. The van der Waals surface area contributed by atoms with Crippen LogP contribution >= 0.6 is 0 Å². The van der Waals surface area contributed by atoms with Gasteiger partial charge in [-0.3, -0.25) is 4.79 Å². The van der Waals surface area contributed by atoms with Crippen LogP contribution in [0, 0.1) is 5.92 Å².